The van der Waals surface area contributed by atoms with E-state index < -0.39 is 0 Å². The van der Waals surface area contributed by atoms with E-state index in [0.717, 1.165) is 5.75 Å². The lowest BCUT2D eigenvalue weighted by molar-refractivity contribution is 0.807. The number of alkyl halides is 1. The van der Waals surface area contributed by atoms with Gasteiger partial charge < -0.3 is 5.32 Å². The molecule has 1 unspecified atom stereocenters. The van der Waals surface area contributed by atoms with E-state index in [1.54, 1.807) is 0 Å². The van der Waals surface area contributed by atoms with E-state index in [2.05, 4.69) is 52.4 Å². The summed E-state index contributed by atoms with van der Waals surface area (Å²) in [6, 6.07) is 8.62. The zero-order chi connectivity index (χ0) is 9.68. The molecule has 1 aromatic rings. The standard InChI is InChI=1S/C10H14BrNS/c1-3-13-9-6-4-8(5-7-9)10(11)12-2/h4-7,10,12H,3H2,1-2H3. The van der Waals surface area contributed by atoms with E-state index in [9.17, 15) is 0 Å². The van der Waals surface area contributed by atoms with Gasteiger partial charge >= 0.3 is 0 Å². The van der Waals surface area contributed by atoms with Gasteiger partial charge in [0.2, 0.25) is 0 Å². The van der Waals surface area contributed by atoms with E-state index >= 15 is 0 Å². The molecule has 0 spiro atoms. The molecular weight excluding hydrogens is 246 g/mol. The molecule has 1 rings (SSSR count). The van der Waals surface area contributed by atoms with Crippen LogP contribution in [0.3, 0.4) is 0 Å². The second-order valence-electron chi connectivity index (χ2n) is 2.65. The van der Waals surface area contributed by atoms with Crippen molar-refractivity contribution in [3.8, 4) is 0 Å². The highest BCUT2D eigenvalue weighted by atomic mass is 79.9. The number of halogens is 1. The molecule has 1 N–H and O–H groups in total. The molecule has 72 valence electrons. The summed E-state index contributed by atoms with van der Waals surface area (Å²) in [5.41, 5.74) is 1.27. The maximum absolute atomic E-state index is 3.53. The van der Waals surface area contributed by atoms with Crippen molar-refractivity contribution in [3.63, 3.8) is 0 Å². The number of benzene rings is 1. The third kappa shape index (κ3) is 3.33. The Bertz CT molecular complexity index is 248. The van der Waals surface area contributed by atoms with Crippen molar-refractivity contribution in [3.05, 3.63) is 29.8 Å². The lowest BCUT2D eigenvalue weighted by Crippen LogP contribution is -2.08. The van der Waals surface area contributed by atoms with Gasteiger partial charge in [0.1, 0.15) is 0 Å². The molecule has 0 bridgehead atoms. The van der Waals surface area contributed by atoms with Gasteiger partial charge in [-0.1, -0.05) is 35.0 Å². The summed E-state index contributed by atoms with van der Waals surface area (Å²) in [6.45, 7) is 2.17. The summed E-state index contributed by atoms with van der Waals surface area (Å²) in [7, 11) is 1.94. The van der Waals surface area contributed by atoms with E-state index in [0.29, 0.717) is 0 Å². The lowest BCUT2D eigenvalue weighted by Gasteiger charge is -2.08. The fourth-order valence-electron chi connectivity index (χ4n) is 1.07. The summed E-state index contributed by atoms with van der Waals surface area (Å²) in [5, 5.41) is 3.14. The molecule has 1 aromatic carbocycles. The Morgan fingerprint density at radius 3 is 2.46 bits per heavy atom. The van der Waals surface area contributed by atoms with Crippen molar-refractivity contribution in [2.45, 2.75) is 16.8 Å². The minimum atomic E-state index is 0.258. The molecule has 0 aliphatic heterocycles. The number of hydrogen-bond acceptors (Lipinski definition) is 2. The molecule has 0 fully saturated rings. The predicted molar refractivity (Wildman–Crippen MR) is 63.6 cm³/mol. The molecule has 1 atom stereocenters. The largest absolute Gasteiger partial charge is 0.304 e. The van der Waals surface area contributed by atoms with Gasteiger partial charge in [-0.2, -0.15) is 0 Å². The van der Waals surface area contributed by atoms with Gasteiger partial charge in [-0.25, -0.2) is 0 Å². The minimum Gasteiger partial charge on any atom is -0.304 e. The van der Waals surface area contributed by atoms with Crippen LogP contribution >= 0.6 is 27.7 Å². The first-order chi connectivity index (χ1) is 6.27. The normalized spacial score (nSPS) is 12.8. The minimum absolute atomic E-state index is 0.258. The molecule has 3 heteroatoms. The van der Waals surface area contributed by atoms with Crippen LogP contribution in [0.15, 0.2) is 29.2 Å². The first-order valence-corrected chi connectivity index (χ1v) is 6.22. The van der Waals surface area contributed by atoms with Gasteiger partial charge in [0, 0.05) is 4.90 Å². The highest BCUT2D eigenvalue weighted by Crippen LogP contribution is 2.23. The lowest BCUT2D eigenvalue weighted by atomic mass is 10.2. The van der Waals surface area contributed by atoms with Crippen molar-refractivity contribution in [1.82, 2.24) is 5.32 Å². The molecular formula is C10H14BrNS. The molecule has 0 saturated carbocycles. The average molecular weight is 260 g/mol. The highest BCUT2D eigenvalue weighted by Gasteiger charge is 2.02. The summed E-state index contributed by atoms with van der Waals surface area (Å²) in [4.78, 5) is 1.59. The fraction of sp³-hybridized carbons (Fsp3) is 0.400. The molecule has 0 heterocycles. The van der Waals surface area contributed by atoms with Crippen molar-refractivity contribution >= 4 is 27.7 Å². The quantitative estimate of drug-likeness (QED) is 0.506. The van der Waals surface area contributed by atoms with Crippen LogP contribution in [0.5, 0.6) is 0 Å². The average Bonchev–Trinajstić information content (AvgIpc) is 2.18. The first kappa shape index (κ1) is 11.1. The summed E-state index contributed by atoms with van der Waals surface area (Å²) in [5.74, 6) is 1.13. The smallest absolute Gasteiger partial charge is 0.0884 e. The van der Waals surface area contributed by atoms with Gasteiger partial charge in [-0.15, -0.1) is 11.8 Å². The second kappa shape index (κ2) is 5.68. The summed E-state index contributed by atoms with van der Waals surface area (Å²) < 4.78 is 0. The van der Waals surface area contributed by atoms with E-state index in [-0.39, 0.29) is 4.95 Å². The Balaban J connectivity index is 2.69. The van der Waals surface area contributed by atoms with Crippen LogP contribution in [0.4, 0.5) is 0 Å². The van der Waals surface area contributed by atoms with Gasteiger partial charge in [0.25, 0.3) is 0 Å². The third-order valence-electron chi connectivity index (χ3n) is 1.74. The van der Waals surface area contributed by atoms with E-state index in [1.165, 1.54) is 10.5 Å². The fourth-order valence-corrected chi connectivity index (χ4v) is 2.03. The van der Waals surface area contributed by atoms with Gasteiger partial charge in [-0.3, -0.25) is 0 Å². The van der Waals surface area contributed by atoms with Gasteiger partial charge in [-0.05, 0) is 30.5 Å². The zero-order valence-electron chi connectivity index (χ0n) is 7.88. The molecule has 0 radical (unpaired) electrons. The highest BCUT2D eigenvalue weighted by molar-refractivity contribution is 9.09. The maximum atomic E-state index is 3.53. The Morgan fingerprint density at radius 1 is 1.38 bits per heavy atom. The van der Waals surface area contributed by atoms with Gasteiger partial charge in [0.05, 0.1) is 4.95 Å². The molecule has 0 saturated heterocycles. The topological polar surface area (TPSA) is 12.0 Å². The van der Waals surface area contributed by atoms with Crippen LogP contribution in [0, 0.1) is 0 Å². The number of hydrogen-bond donors (Lipinski definition) is 1. The predicted octanol–water partition coefficient (Wildman–Crippen LogP) is 3.41. The zero-order valence-corrected chi connectivity index (χ0v) is 10.3. The van der Waals surface area contributed by atoms with E-state index in [1.807, 2.05) is 18.8 Å². The monoisotopic (exact) mass is 259 g/mol. The van der Waals surface area contributed by atoms with Crippen LogP contribution < -0.4 is 5.32 Å². The second-order valence-corrected chi connectivity index (χ2v) is 4.91. The van der Waals surface area contributed by atoms with E-state index in [4.69, 9.17) is 0 Å². The van der Waals surface area contributed by atoms with Gasteiger partial charge in [0.15, 0.2) is 0 Å². The Morgan fingerprint density at radius 2 is 2.00 bits per heavy atom. The molecule has 1 nitrogen and oxygen atoms in total. The van der Waals surface area contributed by atoms with Crippen molar-refractivity contribution in [2.75, 3.05) is 12.8 Å². The maximum Gasteiger partial charge on any atom is 0.0884 e. The number of nitrogens with one attached hydrogen (secondary N) is 1. The van der Waals surface area contributed by atoms with Crippen molar-refractivity contribution in [2.24, 2.45) is 0 Å². The Labute approximate surface area is 92.4 Å². The van der Waals surface area contributed by atoms with Crippen LogP contribution in [0.1, 0.15) is 17.4 Å². The molecule has 0 aromatic heterocycles. The molecule has 13 heavy (non-hydrogen) atoms. The van der Waals surface area contributed by atoms with Crippen LogP contribution in [-0.4, -0.2) is 12.8 Å². The number of thioether (sulfide) groups is 1. The van der Waals surface area contributed by atoms with Crippen molar-refractivity contribution in [1.29, 1.82) is 0 Å². The van der Waals surface area contributed by atoms with Crippen LogP contribution in [-0.2, 0) is 0 Å². The molecule has 0 aliphatic carbocycles. The SMILES string of the molecule is CCSc1ccc(C(Br)NC)cc1. The summed E-state index contributed by atoms with van der Waals surface area (Å²) >= 11 is 5.40. The van der Waals surface area contributed by atoms with Crippen LogP contribution in [0.2, 0.25) is 0 Å². The Hall–Kier alpha value is 0.01000. The number of rotatable bonds is 4. The van der Waals surface area contributed by atoms with Crippen LogP contribution in [0.25, 0.3) is 0 Å². The molecule has 0 aliphatic rings. The van der Waals surface area contributed by atoms with Crippen molar-refractivity contribution < 1.29 is 0 Å². The third-order valence-corrected chi connectivity index (χ3v) is 3.62. The molecule has 0 amide bonds. The summed E-state index contributed by atoms with van der Waals surface area (Å²) in [6.07, 6.45) is 0. The Kier molecular flexibility index (Phi) is 4.84. The first-order valence-electron chi connectivity index (χ1n) is 4.32.